The van der Waals surface area contributed by atoms with Crippen LogP contribution in [0.2, 0.25) is 0 Å². The Bertz CT molecular complexity index is 84.1. The monoisotopic (exact) mass is 174 g/mol. The van der Waals surface area contributed by atoms with Gasteiger partial charge in [-0.15, -0.1) is 0 Å². The minimum Gasteiger partial charge on any atom is -0.0794 e. The van der Waals surface area contributed by atoms with Crippen molar-refractivity contribution in [2.75, 3.05) is 5.08 Å². The second kappa shape index (κ2) is 2.23. The molecule has 0 amide bonds. The van der Waals surface area contributed by atoms with Gasteiger partial charge in [0.05, 0.1) is 5.08 Å². The van der Waals surface area contributed by atoms with E-state index >= 15 is 0 Å². The average Bonchev–Trinajstić information content (AvgIpc) is 1.33. The first-order valence-corrected chi connectivity index (χ1v) is 8.41. The third-order valence-electron chi connectivity index (χ3n) is 0.400. The third-order valence-corrected chi connectivity index (χ3v) is 14.5. The lowest BCUT2D eigenvalue weighted by atomic mass is 11.9. The molecule has 1 aliphatic heterocycles. The van der Waals surface area contributed by atoms with E-state index in [9.17, 15) is 0 Å². The maximum absolute atomic E-state index is 4.92. The zero-order valence-electron chi connectivity index (χ0n) is 2.84. The standard InChI is InChI=1S/CH3PS4/c3-5-1-6(4)2-5/h2H,1H2. The zero-order chi connectivity index (χ0) is 4.57. The van der Waals surface area contributed by atoms with Crippen LogP contribution in [0.5, 0.6) is 0 Å². The van der Waals surface area contributed by atoms with Gasteiger partial charge in [0, 0.05) is 6.98 Å². The normalized spacial score (nSPS) is 48.7. The van der Waals surface area contributed by atoms with Gasteiger partial charge in [0.1, 0.15) is 0 Å². The Morgan fingerprint density at radius 3 is 1.67 bits per heavy atom. The molecule has 0 radical (unpaired) electrons. The molecule has 0 saturated carbocycles. The van der Waals surface area contributed by atoms with Crippen molar-refractivity contribution in [3.05, 3.63) is 0 Å². The maximum Gasteiger partial charge on any atom is 0.0573 e. The highest BCUT2D eigenvalue weighted by Crippen LogP contribution is 2.35. The summed E-state index contributed by atoms with van der Waals surface area (Å²) in [5.41, 5.74) is 0. The fourth-order valence-corrected chi connectivity index (χ4v) is 14.4. The Morgan fingerprint density at radius 2 is 1.67 bits per heavy atom. The summed E-state index contributed by atoms with van der Waals surface area (Å²) in [5, 5.41) is 1.17. The quantitative estimate of drug-likeness (QED) is 0.494. The topological polar surface area (TPSA) is 0 Å². The first-order chi connectivity index (χ1) is 2.79. The van der Waals surface area contributed by atoms with Crippen molar-refractivity contribution in [1.29, 1.82) is 0 Å². The molecule has 0 aromatic carbocycles. The molecule has 0 N–H and O–H groups in total. The molecule has 0 aromatic heterocycles. The molecule has 0 bridgehead atoms. The number of rotatable bonds is 0. The van der Waals surface area contributed by atoms with Crippen LogP contribution in [0.3, 0.4) is 0 Å². The molecule has 1 rings (SSSR count). The second-order valence-corrected chi connectivity index (χ2v) is 12.5. The van der Waals surface area contributed by atoms with Crippen LogP contribution in [0.25, 0.3) is 0 Å². The lowest BCUT2D eigenvalue weighted by molar-refractivity contribution is 2.31. The van der Waals surface area contributed by atoms with E-state index in [1.807, 2.05) is 0 Å². The fourth-order valence-electron chi connectivity index (χ4n) is 0.189. The Hall–Kier alpha value is 1.57. The largest absolute Gasteiger partial charge is 0.0794 e. The van der Waals surface area contributed by atoms with Gasteiger partial charge >= 0.3 is 0 Å². The lowest BCUT2D eigenvalue weighted by Gasteiger charge is -2.15. The van der Waals surface area contributed by atoms with Crippen molar-refractivity contribution in [1.82, 2.24) is 0 Å². The minimum atomic E-state index is 0.347. The number of hydrogen-bond acceptors (Lipinski definition) is 2. The predicted octanol–water partition coefficient (Wildman–Crippen LogP) is 0.626. The van der Waals surface area contributed by atoms with Crippen LogP contribution in [0.4, 0.5) is 0 Å². The molecular formula is CH3PS4. The molecule has 36 valence electrons. The Labute approximate surface area is 52.5 Å². The van der Waals surface area contributed by atoms with Crippen molar-refractivity contribution < 1.29 is 0 Å². The van der Waals surface area contributed by atoms with Gasteiger partial charge < -0.3 is 0 Å². The molecule has 0 aliphatic carbocycles. The van der Waals surface area contributed by atoms with E-state index < -0.39 is 0 Å². The van der Waals surface area contributed by atoms with Crippen LogP contribution in [0.15, 0.2) is 0 Å². The van der Waals surface area contributed by atoms with Crippen LogP contribution in [0, 0.1) is 0 Å². The highest BCUT2D eigenvalue weighted by Gasteiger charge is 2.10. The smallest absolute Gasteiger partial charge is 0.0573 e. The Morgan fingerprint density at radius 1 is 1.33 bits per heavy atom. The van der Waals surface area contributed by atoms with Crippen molar-refractivity contribution in [3.8, 4) is 0 Å². The molecule has 2 atom stereocenters. The van der Waals surface area contributed by atoms with Gasteiger partial charge in [0.2, 0.25) is 0 Å². The molecule has 1 heterocycles. The van der Waals surface area contributed by atoms with Crippen molar-refractivity contribution in [3.63, 3.8) is 0 Å². The molecule has 1 saturated heterocycles. The molecular weight excluding hydrogens is 171 g/mol. The van der Waals surface area contributed by atoms with E-state index in [4.69, 9.17) is 22.4 Å². The Balaban J connectivity index is 2.47. The summed E-state index contributed by atoms with van der Waals surface area (Å²) in [7, 11) is 0.694. The van der Waals surface area contributed by atoms with Crippen LogP contribution >= 0.6 is 6.98 Å². The summed E-state index contributed by atoms with van der Waals surface area (Å²) in [6.45, 7) is 0.954. The van der Waals surface area contributed by atoms with Gasteiger partial charge in [-0.3, -0.25) is 0 Å². The van der Waals surface area contributed by atoms with Gasteiger partial charge in [0.25, 0.3) is 0 Å². The summed E-state index contributed by atoms with van der Waals surface area (Å²) < 4.78 is 0. The van der Waals surface area contributed by atoms with Gasteiger partial charge in [0.15, 0.2) is 0 Å². The van der Waals surface area contributed by atoms with Crippen LogP contribution < -0.4 is 0 Å². The zero-order valence-corrected chi connectivity index (χ0v) is 7.11. The van der Waals surface area contributed by atoms with Gasteiger partial charge in [-0.1, -0.05) is 18.1 Å². The van der Waals surface area contributed by atoms with E-state index in [1.54, 1.807) is 0 Å². The fraction of sp³-hybridized carbons (Fsp3) is 1.00. The molecule has 0 spiro atoms. The summed E-state index contributed by atoms with van der Waals surface area (Å²) in [4.78, 5) is 0. The van der Waals surface area contributed by atoms with E-state index in [0.717, 1.165) is 6.98 Å². The molecule has 0 aromatic rings. The van der Waals surface area contributed by atoms with Crippen LogP contribution in [0.1, 0.15) is 0 Å². The first-order valence-electron chi connectivity index (χ1n) is 1.32. The highest BCUT2D eigenvalue weighted by atomic mass is 33.4. The lowest BCUT2D eigenvalue weighted by Crippen LogP contribution is -2.03. The minimum absolute atomic E-state index is 0.347. The average molecular weight is 174 g/mol. The summed E-state index contributed by atoms with van der Waals surface area (Å²) in [5.74, 6) is 0. The molecule has 2 unspecified atom stereocenters. The maximum atomic E-state index is 4.92. The SMILES string of the molecule is S=S1CS(=S)P1. The Kier molecular flexibility index (Phi) is 2.12. The van der Waals surface area contributed by atoms with E-state index in [-0.39, 0.29) is 0 Å². The van der Waals surface area contributed by atoms with Crippen molar-refractivity contribution in [2.45, 2.75) is 0 Å². The summed E-state index contributed by atoms with van der Waals surface area (Å²) >= 11 is 9.85. The predicted molar refractivity (Wildman–Crippen MR) is 42.6 cm³/mol. The van der Waals surface area contributed by atoms with Crippen LogP contribution in [-0.4, -0.2) is 5.08 Å². The number of hydrogen-bond donors (Lipinski definition) is 0. The molecule has 5 heteroatoms. The van der Waals surface area contributed by atoms with Gasteiger partial charge in [-0.25, -0.2) is 0 Å². The molecule has 0 nitrogen and oxygen atoms in total. The third kappa shape index (κ3) is 1.27. The molecule has 6 heavy (non-hydrogen) atoms. The van der Waals surface area contributed by atoms with E-state index in [2.05, 4.69) is 0 Å². The van der Waals surface area contributed by atoms with Crippen molar-refractivity contribution in [2.24, 2.45) is 0 Å². The van der Waals surface area contributed by atoms with Gasteiger partial charge in [-0.05, 0) is 22.4 Å². The van der Waals surface area contributed by atoms with E-state index in [0.29, 0.717) is 18.1 Å². The van der Waals surface area contributed by atoms with Gasteiger partial charge in [-0.2, -0.15) is 0 Å². The summed E-state index contributed by atoms with van der Waals surface area (Å²) in [6.07, 6.45) is 0. The molecule has 1 fully saturated rings. The van der Waals surface area contributed by atoms with Crippen LogP contribution in [-0.2, 0) is 40.5 Å². The molecule has 1 aliphatic rings. The highest BCUT2D eigenvalue weighted by molar-refractivity contribution is 8.97. The van der Waals surface area contributed by atoms with E-state index in [1.165, 1.54) is 5.08 Å². The summed E-state index contributed by atoms with van der Waals surface area (Å²) in [6, 6.07) is 0. The first kappa shape index (κ1) is 5.70. The van der Waals surface area contributed by atoms with Crippen molar-refractivity contribution >= 4 is 47.5 Å². The second-order valence-electron chi connectivity index (χ2n) is 0.892.